The topological polar surface area (TPSA) is 69.8 Å². The maximum Gasteiger partial charge on any atom is 0.284 e. The van der Waals surface area contributed by atoms with Gasteiger partial charge in [-0.2, -0.15) is 4.68 Å². The monoisotopic (exact) mass is 472 g/mol. The van der Waals surface area contributed by atoms with E-state index < -0.39 is 0 Å². The van der Waals surface area contributed by atoms with Crippen molar-refractivity contribution in [3.8, 4) is 17.1 Å². The Kier molecular flexibility index (Phi) is 6.13. The molecule has 3 aliphatic heterocycles. The SMILES string of the molecule is Cc1ccc(C)c(C(=O)[C@H](C)Sc2nc3nn(-c4ccccc4)c(=O)c-3c3n2CCCCC3)c1. The van der Waals surface area contributed by atoms with E-state index in [9.17, 15) is 9.59 Å². The van der Waals surface area contributed by atoms with Gasteiger partial charge in [-0.25, -0.2) is 4.98 Å². The third kappa shape index (κ3) is 4.09. The average molecular weight is 473 g/mol. The van der Waals surface area contributed by atoms with Crippen molar-refractivity contribution in [1.82, 2.24) is 19.3 Å². The highest BCUT2D eigenvalue weighted by atomic mass is 32.2. The normalized spacial score (nSPS) is 14.6. The van der Waals surface area contributed by atoms with Crippen LogP contribution in [0.1, 0.15) is 53.4 Å². The first-order chi connectivity index (χ1) is 16.4. The molecule has 34 heavy (non-hydrogen) atoms. The van der Waals surface area contributed by atoms with Crippen molar-refractivity contribution in [2.75, 3.05) is 0 Å². The Morgan fingerprint density at radius 3 is 2.65 bits per heavy atom. The third-order valence-corrected chi connectivity index (χ3v) is 7.57. The fourth-order valence-electron chi connectivity index (χ4n) is 4.62. The number of rotatable bonds is 5. The molecular formula is C27H28N4O2S. The van der Waals surface area contributed by atoms with Gasteiger partial charge in [0.15, 0.2) is 16.8 Å². The van der Waals surface area contributed by atoms with E-state index >= 15 is 0 Å². The van der Waals surface area contributed by atoms with Gasteiger partial charge in [-0.1, -0.05) is 54.1 Å². The Morgan fingerprint density at radius 2 is 1.85 bits per heavy atom. The molecule has 3 aliphatic rings. The second-order valence-corrected chi connectivity index (χ2v) is 10.3. The fourth-order valence-corrected chi connectivity index (χ4v) is 5.64. The van der Waals surface area contributed by atoms with E-state index in [0.29, 0.717) is 11.4 Å². The van der Waals surface area contributed by atoms with Gasteiger partial charge in [0.25, 0.3) is 5.56 Å². The van der Waals surface area contributed by atoms with E-state index in [2.05, 4.69) is 9.67 Å². The predicted octanol–water partition coefficient (Wildman–Crippen LogP) is 5.24. The summed E-state index contributed by atoms with van der Waals surface area (Å²) in [5, 5.41) is 5.05. The van der Waals surface area contributed by atoms with E-state index in [0.717, 1.165) is 65.5 Å². The predicted molar refractivity (Wildman–Crippen MR) is 135 cm³/mol. The van der Waals surface area contributed by atoms with E-state index in [4.69, 9.17) is 4.98 Å². The van der Waals surface area contributed by atoms with Gasteiger partial charge in [-0.05, 0) is 63.8 Å². The van der Waals surface area contributed by atoms with Crippen LogP contribution in [0.15, 0.2) is 58.5 Å². The summed E-state index contributed by atoms with van der Waals surface area (Å²) in [7, 11) is 0. The molecule has 2 aromatic carbocycles. The molecule has 0 spiro atoms. The lowest BCUT2D eigenvalue weighted by Gasteiger charge is -2.20. The summed E-state index contributed by atoms with van der Waals surface area (Å²) in [4.78, 5) is 31.6. The van der Waals surface area contributed by atoms with Crippen molar-refractivity contribution in [3.05, 3.63) is 81.3 Å². The molecule has 0 unspecified atom stereocenters. The maximum atomic E-state index is 13.4. The molecule has 3 heterocycles. The standard InChI is InChI=1S/C27H28N4O2S/c1-17-13-14-18(2)21(16-17)24(32)19(3)34-27-28-25-23(22-12-8-5-9-15-30(22)27)26(33)31(29-25)20-10-6-4-7-11-20/h4,6-7,10-11,13-14,16,19H,5,8-9,12,15H2,1-3H3/t19-/m0/s1. The Morgan fingerprint density at radius 1 is 1.06 bits per heavy atom. The van der Waals surface area contributed by atoms with Gasteiger partial charge in [0, 0.05) is 17.8 Å². The van der Waals surface area contributed by atoms with Gasteiger partial charge in [-0.15, -0.1) is 5.10 Å². The molecular weight excluding hydrogens is 444 g/mol. The summed E-state index contributed by atoms with van der Waals surface area (Å²) in [6.07, 6.45) is 3.96. The molecule has 5 rings (SSSR count). The highest BCUT2D eigenvalue weighted by molar-refractivity contribution is 8.00. The van der Waals surface area contributed by atoms with E-state index in [1.165, 1.54) is 16.4 Å². The second-order valence-electron chi connectivity index (χ2n) is 9.00. The molecule has 0 saturated heterocycles. The Bertz CT molecular complexity index is 1390. The molecule has 0 radical (unpaired) electrons. The fraction of sp³-hybridized carbons (Fsp3) is 0.333. The number of fused-ring (bicyclic) bond motifs is 3. The molecule has 0 aliphatic carbocycles. The van der Waals surface area contributed by atoms with Crippen LogP contribution < -0.4 is 5.56 Å². The largest absolute Gasteiger partial charge is 0.324 e. The molecule has 6 nitrogen and oxygen atoms in total. The van der Waals surface area contributed by atoms with Crippen LogP contribution in [0, 0.1) is 13.8 Å². The molecule has 0 bridgehead atoms. The lowest BCUT2D eigenvalue weighted by atomic mass is 10.0. The summed E-state index contributed by atoms with van der Waals surface area (Å²) >= 11 is 1.46. The van der Waals surface area contributed by atoms with Crippen LogP contribution >= 0.6 is 11.8 Å². The van der Waals surface area contributed by atoms with E-state index in [-0.39, 0.29) is 16.6 Å². The van der Waals surface area contributed by atoms with Crippen molar-refractivity contribution in [2.45, 2.75) is 63.4 Å². The quantitative estimate of drug-likeness (QED) is 0.226. The highest BCUT2D eigenvalue weighted by Gasteiger charge is 2.29. The number of aryl methyl sites for hydroxylation is 2. The van der Waals surface area contributed by atoms with Crippen LogP contribution in [0.5, 0.6) is 0 Å². The van der Waals surface area contributed by atoms with Gasteiger partial charge >= 0.3 is 0 Å². The molecule has 0 N–H and O–H groups in total. The van der Waals surface area contributed by atoms with Crippen molar-refractivity contribution < 1.29 is 4.79 Å². The number of hydrogen-bond acceptors (Lipinski definition) is 5. The van der Waals surface area contributed by atoms with Gasteiger partial charge in [-0.3, -0.25) is 9.59 Å². The third-order valence-electron chi connectivity index (χ3n) is 6.48. The van der Waals surface area contributed by atoms with Gasteiger partial charge in [0.05, 0.1) is 10.9 Å². The Balaban J connectivity index is 1.59. The first kappa shape index (κ1) is 22.6. The molecule has 1 atom stereocenters. The smallest absolute Gasteiger partial charge is 0.284 e. The molecule has 0 aromatic heterocycles. The number of thioether (sulfide) groups is 1. The second kappa shape index (κ2) is 9.22. The number of para-hydroxylation sites is 1. The number of Topliss-reactive ketones (excluding diaryl/α,β-unsaturated/α-hetero) is 1. The number of ketones is 1. The Hall–Kier alpha value is -3.19. The lowest BCUT2D eigenvalue weighted by Crippen LogP contribution is -2.21. The van der Waals surface area contributed by atoms with Gasteiger partial charge in [0.1, 0.15) is 5.56 Å². The van der Waals surface area contributed by atoms with E-state index in [1.807, 2.05) is 69.3 Å². The number of aromatic nitrogens is 4. The van der Waals surface area contributed by atoms with Crippen LogP contribution in [0.3, 0.4) is 0 Å². The molecule has 0 amide bonds. The zero-order valence-corrected chi connectivity index (χ0v) is 20.6. The zero-order chi connectivity index (χ0) is 23.8. The minimum atomic E-state index is -0.312. The molecule has 7 heteroatoms. The number of nitrogens with zero attached hydrogens (tertiary/aromatic N) is 4. The van der Waals surface area contributed by atoms with E-state index in [1.54, 1.807) is 0 Å². The minimum absolute atomic E-state index is 0.0930. The number of hydrogen-bond donors (Lipinski definition) is 0. The maximum absolute atomic E-state index is 13.4. The first-order valence-electron chi connectivity index (χ1n) is 11.8. The van der Waals surface area contributed by atoms with Crippen molar-refractivity contribution in [1.29, 1.82) is 0 Å². The first-order valence-corrected chi connectivity index (χ1v) is 12.7. The lowest BCUT2D eigenvalue weighted by molar-refractivity contribution is 0.0993. The molecule has 2 aromatic rings. The summed E-state index contributed by atoms with van der Waals surface area (Å²) < 4.78 is 3.60. The summed E-state index contributed by atoms with van der Waals surface area (Å²) in [5.41, 5.74) is 5.00. The van der Waals surface area contributed by atoms with Crippen molar-refractivity contribution >= 4 is 17.5 Å². The molecule has 174 valence electrons. The summed E-state index contributed by atoms with van der Waals surface area (Å²) in [6, 6.07) is 15.4. The zero-order valence-electron chi connectivity index (χ0n) is 19.7. The van der Waals surface area contributed by atoms with Gasteiger partial charge < -0.3 is 4.57 Å². The van der Waals surface area contributed by atoms with Crippen LogP contribution in [-0.2, 0) is 13.0 Å². The van der Waals surface area contributed by atoms with Crippen LogP contribution in [0.25, 0.3) is 17.1 Å². The summed E-state index contributed by atoms with van der Waals surface area (Å²) in [5.74, 6) is 0.547. The number of benzene rings is 2. The summed E-state index contributed by atoms with van der Waals surface area (Å²) in [6.45, 7) is 6.71. The van der Waals surface area contributed by atoms with Crippen molar-refractivity contribution in [2.24, 2.45) is 0 Å². The minimum Gasteiger partial charge on any atom is -0.324 e. The number of carbonyl (C=O) groups is 1. The van der Waals surface area contributed by atoms with Crippen LogP contribution in [0.2, 0.25) is 0 Å². The molecule has 0 saturated carbocycles. The van der Waals surface area contributed by atoms with Crippen molar-refractivity contribution in [3.63, 3.8) is 0 Å². The number of carbonyl (C=O) groups excluding carboxylic acids is 1. The van der Waals surface area contributed by atoms with Gasteiger partial charge in [0.2, 0.25) is 0 Å². The average Bonchev–Trinajstić information content (AvgIpc) is 3.00. The van der Waals surface area contributed by atoms with Crippen LogP contribution in [-0.4, -0.2) is 30.4 Å². The molecule has 0 fully saturated rings. The van der Waals surface area contributed by atoms with Crippen LogP contribution in [0.4, 0.5) is 0 Å². The Labute approximate surface area is 203 Å². The highest BCUT2D eigenvalue weighted by Crippen LogP contribution is 2.33.